The summed E-state index contributed by atoms with van der Waals surface area (Å²) in [5.74, 6) is 0.388. The van der Waals surface area contributed by atoms with Crippen LogP contribution in [-0.2, 0) is 10.3 Å². The lowest BCUT2D eigenvalue weighted by molar-refractivity contribution is -0.130. The molecule has 128 valence electrons. The Morgan fingerprint density at radius 1 is 1.29 bits per heavy atom. The van der Waals surface area contributed by atoms with Crippen LogP contribution in [-0.4, -0.2) is 22.0 Å². The van der Waals surface area contributed by atoms with Crippen molar-refractivity contribution in [2.24, 2.45) is 0 Å². The second kappa shape index (κ2) is 8.07. The van der Waals surface area contributed by atoms with Crippen molar-refractivity contribution in [3.05, 3.63) is 51.4 Å². The predicted molar refractivity (Wildman–Crippen MR) is 99.7 cm³/mol. The molecule has 0 saturated carbocycles. The summed E-state index contributed by atoms with van der Waals surface area (Å²) >= 11 is 6.62. The second-order valence-electron chi connectivity index (χ2n) is 5.79. The molecular formula is C17H19Br2N3O2. The van der Waals surface area contributed by atoms with Crippen LogP contribution in [0.15, 0.2) is 45.7 Å². The van der Waals surface area contributed by atoms with Crippen molar-refractivity contribution < 1.29 is 9.53 Å². The Hall–Kier alpha value is -1.47. The number of hydrogen-bond acceptors (Lipinski definition) is 4. The SMILES string of the molecule is CC[C@@H](Oc1cc(Br)nc(Br)c1)C(=O)NC(C)(C)c1ccccn1. The van der Waals surface area contributed by atoms with Gasteiger partial charge in [-0.2, -0.15) is 0 Å². The number of hydrogen-bond donors (Lipinski definition) is 1. The van der Waals surface area contributed by atoms with Crippen molar-refractivity contribution in [2.75, 3.05) is 0 Å². The maximum absolute atomic E-state index is 12.6. The van der Waals surface area contributed by atoms with Gasteiger partial charge in [0.05, 0.1) is 11.2 Å². The Kier molecular flexibility index (Phi) is 6.34. The van der Waals surface area contributed by atoms with Crippen molar-refractivity contribution in [3.63, 3.8) is 0 Å². The minimum absolute atomic E-state index is 0.183. The summed E-state index contributed by atoms with van der Waals surface area (Å²) in [5, 5.41) is 3.01. The molecule has 0 saturated heterocycles. The van der Waals surface area contributed by atoms with Gasteiger partial charge in [-0.3, -0.25) is 9.78 Å². The van der Waals surface area contributed by atoms with E-state index in [0.29, 0.717) is 21.4 Å². The largest absolute Gasteiger partial charge is 0.480 e. The van der Waals surface area contributed by atoms with E-state index in [1.165, 1.54) is 0 Å². The highest BCUT2D eigenvalue weighted by molar-refractivity contribution is 9.11. The van der Waals surface area contributed by atoms with Crippen LogP contribution in [0.2, 0.25) is 0 Å². The number of ether oxygens (including phenoxy) is 1. The fraction of sp³-hybridized carbons (Fsp3) is 0.353. The molecule has 0 bridgehead atoms. The molecule has 1 N–H and O–H groups in total. The van der Waals surface area contributed by atoms with Crippen LogP contribution in [0, 0.1) is 0 Å². The molecule has 0 aliphatic carbocycles. The highest BCUT2D eigenvalue weighted by atomic mass is 79.9. The molecule has 5 nitrogen and oxygen atoms in total. The third kappa shape index (κ3) is 5.01. The van der Waals surface area contributed by atoms with Crippen LogP contribution in [0.1, 0.15) is 32.9 Å². The number of nitrogens with one attached hydrogen (secondary N) is 1. The predicted octanol–water partition coefficient (Wildman–Crippen LogP) is 4.21. The van der Waals surface area contributed by atoms with Gasteiger partial charge in [-0.25, -0.2) is 4.98 Å². The molecule has 2 rings (SSSR count). The zero-order chi connectivity index (χ0) is 17.7. The van der Waals surface area contributed by atoms with Gasteiger partial charge in [0, 0.05) is 18.3 Å². The van der Waals surface area contributed by atoms with Gasteiger partial charge in [-0.1, -0.05) is 13.0 Å². The Balaban J connectivity index is 2.11. The van der Waals surface area contributed by atoms with Crippen molar-refractivity contribution >= 4 is 37.8 Å². The zero-order valence-corrected chi connectivity index (χ0v) is 16.9. The van der Waals surface area contributed by atoms with E-state index in [1.807, 2.05) is 39.0 Å². The summed E-state index contributed by atoms with van der Waals surface area (Å²) in [4.78, 5) is 21.1. The summed E-state index contributed by atoms with van der Waals surface area (Å²) < 4.78 is 7.11. The molecule has 1 amide bonds. The first-order valence-electron chi connectivity index (χ1n) is 7.55. The molecule has 0 fully saturated rings. The summed E-state index contributed by atoms with van der Waals surface area (Å²) in [6.45, 7) is 5.74. The summed E-state index contributed by atoms with van der Waals surface area (Å²) in [6, 6.07) is 9.09. The molecule has 0 aliphatic heterocycles. The molecule has 2 heterocycles. The maximum Gasteiger partial charge on any atom is 0.261 e. The van der Waals surface area contributed by atoms with Gasteiger partial charge in [-0.15, -0.1) is 0 Å². The molecule has 2 aromatic rings. The molecule has 24 heavy (non-hydrogen) atoms. The van der Waals surface area contributed by atoms with Crippen LogP contribution >= 0.6 is 31.9 Å². The van der Waals surface area contributed by atoms with Crippen LogP contribution in [0.4, 0.5) is 0 Å². The van der Waals surface area contributed by atoms with E-state index in [0.717, 1.165) is 5.69 Å². The fourth-order valence-electron chi connectivity index (χ4n) is 2.18. The highest BCUT2D eigenvalue weighted by Crippen LogP contribution is 2.24. The average Bonchev–Trinajstić information content (AvgIpc) is 2.52. The normalized spacial score (nSPS) is 12.5. The van der Waals surface area contributed by atoms with Gasteiger partial charge >= 0.3 is 0 Å². The van der Waals surface area contributed by atoms with Crippen LogP contribution in [0.25, 0.3) is 0 Å². The van der Waals surface area contributed by atoms with Gasteiger partial charge in [0.2, 0.25) is 0 Å². The third-order valence-corrected chi connectivity index (χ3v) is 4.23. The number of nitrogens with zero attached hydrogens (tertiary/aromatic N) is 2. The smallest absolute Gasteiger partial charge is 0.261 e. The third-order valence-electron chi connectivity index (χ3n) is 3.42. The van der Waals surface area contributed by atoms with E-state index in [9.17, 15) is 4.79 Å². The molecule has 7 heteroatoms. The van der Waals surface area contributed by atoms with Crippen LogP contribution < -0.4 is 10.1 Å². The van der Waals surface area contributed by atoms with Crippen molar-refractivity contribution in [1.29, 1.82) is 0 Å². The Morgan fingerprint density at radius 3 is 2.50 bits per heavy atom. The minimum Gasteiger partial charge on any atom is -0.480 e. The van der Waals surface area contributed by atoms with Gasteiger partial charge < -0.3 is 10.1 Å². The number of pyridine rings is 2. The minimum atomic E-state index is -0.603. The van der Waals surface area contributed by atoms with Crippen LogP contribution in [0.5, 0.6) is 5.75 Å². The van der Waals surface area contributed by atoms with E-state index in [2.05, 4.69) is 47.1 Å². The molecular weight excluding hydrogens is 438 g/mol. The molecule has 2 aromatic heterocycles. The molecule has 0 spiro atoms. The molecule has 0 unspecified atom stereocenters. The summed E-state index contributed by atoms with van der Waals surface area (Å²) in [5.41, 5.74) is 0.205. The highest BCUT2D eigenvalue weighted by Gasteiger charge is 2.28. The Bertz CT molecular complexity index is 688. The molecule has 1 atom stereocenters. The quantitative estimate of drug-likeness (QED) is 0.661. The van der Waals surface area contributed by atoms with Gasteiger partial charge in [0.1, 0.15) is 15.0 Å². The molecule has 0 radical (unpaired) electrons. The topological polar surface area (TPSA) is 64.1 Å². The van der Waals surface area contributed by atoms with Gasteiger partial charge in [-0.05, 0) is 64.3 Å². The lowest BCUT2D eigenvalue weighted by Crippen LogP contribution is -2.47. The van der Waals surface area contributed by atoms with Crippen LogP contribution in [0.3, 0.4) is 0 Å². The standard InChI is InChI=1S/C17H19Br2N3O2/c1-4-12(24-11-9-14(18)21-15(19)10-11)16(23)22-17(2,3)13-7-5-6-8-20-13/h5-10,12H,4H2,1-3H3,(H,22,23)/t12-/m1/s1. The van der Waals surface area contributed by atoms with E-state index < -0.39 is 11.6 Å². The number of amides is 1. The monoisotopic (exact) mass is 455 g/mol. The van der Waals surface area contributed by atoms with E-state index in [1.54, 1.807) is 18.3 Å². The van der Waals surface area contributed by atoms with Crippen molar-refractivity contribution in [2.45, 2.75) is 38.8 Å². The van der Waals surface area contributed by atoms with Gasteiger partial charge in [0.25, 0.3) is 5.91 Å². The number of aromatic nitrogens is 2. The first kappa shape index (κ1) is 18.9. The molecule has 0 aliphatic rings. The van der Waals surface area contributed by atoms with Gasteiger partial charge in [0.15, 0.2) is 6.10 Å². The van der Waals surface area contributed by atoms with E-state index in [-0.39, 0.29) is 5.91 Å². The summed E-state index contributed by atoms with van der Waals surface area (Å²) in [7, 11) is 0. The number of halogens is 2. The first-order chi connectivity index (χ1) is 11.3. The van der Waals surface area contributed by atoms with E-state index in [4.69, 9.17) is 4.74 Å². The number of carbonyl (C=O) groups excluding carboxylic acids is 1. The van der Waals surface area contributed by atoms with Crippen molar-refractivity contribution in [3.8, 4) is 5.75 Å². The Labute approximate surface area is 158 Å². The van der Waals surface area contributed by atoms with E-state index >= 15 is 0 Å². The number of carbonyl (C=O) groups is 1. The Morgan fingerprint density at radius 2 is 1.96 bits per heavy atom. The molecule has 0 aromatic carbocycles. The fourth-order valence-corrected chi connectivity index (χ4v) is 3.25. The average molecular weight is 457 g/mol. The van der Waals surface area contributed by atoms with Crippen molar-refractivity contribution in [1.82, 2.24) is 15.3 Å². The lowest BCUT2D eigenvalue weighted by atomic mass is 9.99. The number of rotatable bonds is 6. The summed E-state index contributed by atoms with van der Waals surface area (Å²) in [6.07, 6.45) is 1.65. The lowest BCUT2D eigenvalue weighted by Gasteiger charge is -2.28. The second-order valence-corrected chi connectivity index (χ2v) is 7.42. The maximum atomic E-state index is 12.6. The first-order valence-corrected chi connectivity index (χ1v) is 9.13. The zero-order valence-electron chi connectivity index (χ0n) is 13.7.